The SMILES string of the molecule is CCCCC(=O)NC(c1ccccc1Cl)c1cc([N+](=O)[O-])c2cccnc2c1O. The number of aromatic nitrogens is 1. The predicted molar refractivity (Wildman–Crippen MR) is 111 cm³/mol. The van der Waals surface area contributed by atoms with Crippen LogP contribution in [0.5, 0.6) is 5.75 Å². The molecule has 0 saturated heterocycles. The van der Waals surface area contributed by atoms with Gasteiger partial charge in [0.05, 0.1) is 16.4 Å². The Balaban J connectivity index is 2.21. The van der Waals surface area contributed by atoms with Crippen LogP contribution in [0.25, 0.3) is 10.9 Å². The maximum absolute atomic E-state index is 12.5. The van der Waals surface area contributed by atoms with Crippen LogP contribution in [0.4, 0.5) is 5.69 Å². The number of non-ortho nitro benzene ring substituents is 1. The molecule has 0 bridgehead atoms. The van der Waals surface area contributed by atoms with Gasteiger partial charge in [-0.15, -0.1) is 0 Å². The van der Waals surface area contributed by atoms with E-state index < -0.39 is 11.0 Å². The molecule has 0 fully saturated rings. The lowest BCUT2D eigenvalue weighted by Crippen LogP contribution is -2.29. The molecule has 1 atom stereocenters. The molecule has 0 aliphatic heterocycles. The van der Waals surface area contributed by atoms with E-state index in [0.29, 0.717) is 23.4 Å². The Morgan fingerprint density at radius 1 is 1.28 bits per heavy atom. The van der Waals surface area contributed by atoms with Gasteiger partial charge in [-0.3, -0.25) is 19.9 Å². The molecule has 1 aromatic heterocycles. The summed E-state index contributed by atoms with van der Waals surface area (Å²) in [6, 6.07) is 10.4. The van der Waals surface area contributed by atoms with Crippen LogP contribution in [-0.2, 0) is 4.79 Å². The Bertz CT molecular complexity index is 1070. The highest BCUT2D eigenvalue weighted by Crippen LogP contribution is 2.40. The predicted octanol–water partition coefficient (Wildman–Crippen LogP) is 4.90. The van der Waals surface area contributed by atoms with Gasteiger partial charge in [0.15, 0.2) is 0 Å². The third kappa shape index (κ3) is 4.30. The molecule has 1 heterocycles. The minimum Gasteiger partial charge on any atom is -0.505 e. The number of amides is 1. The molecule has 2 aromatic carbocycles. The van der Waals surface area contributed by atoms with Gasteiger partial charge in [0.25, 0.3) is 5.69 Å². The number of aromatic hydroxyl groups is 1. The number of rotatable bonds is 7. The van der Waals surface area contributed by atoms with E-state index in [0.717, 1.165) is 6.42 Å². The molecule has 0 radical (unpaired) electrons. The number of nitro benzene ring substituents is 1. The highest BCUT2D eigenvalue weighted by molar-refractivity contribution is 6.31. The fraction of sp³-hybridized carbons (Fsp3) is 0.238. The average Bonchev–Trinajstić information content (AvgIpc) is 2.71. The summed E-state index contributed by atoms with van der Waals surface area (Å²) < 4.78 is 0. The van der Waals surface area contributed by atoms with Gasteiger partial charge >= 0.3 is 0 Å². The fourth-order valence-corrected chi connectivity index (χ4v) is 3.45. The summed E-state index contributed by atoms with van der Waals surface area (Å²) in [5, 5.41) is 26.0. The zero-order valence-electron chi connectivity index (χ0n) is 15.8. The summed E-state index contributed by atoms with van der Waals surface area (Å²) >= 11 is 6.35. The second-order valence-corrected chi connectivity index (χ2v) is 7.02. The molecule has 0 aliphatic carbocycles. The first-order valence-electron chi connectivity index (χ1n) is 9.22. The molecule has 29 heavy (non-hydrogen) atoms. The summed E-state index contributed by atoms with van der Waals surface area (Å²) in [7, 11) is 0. The highest BCUT2D eigenvalue weighted by Gasteiger charge is 2.27. The molecule has 8 heteroatoms. The summed E-state index contributed by atoms with van der Waals surface area (Å²) in [5.41, 5.74) is 0.581. The number of nitrogens with one attached hydrogen (secondary N) is 1. The second kappa shape index (κ2) is 8.87. The van der Waals surface area contributed by atoms with E-state index in [9.17, 15) is 20.0 Å². The molecule has 2 N–H and O–H groups in total. The maximum Gasteiger partial charge on any atom is 0.279 e. The lowest BCUT2D eigenvalue weighted by molar-refractivity contribution is -0.383. The molecule has 0 aliphatic rings. The number of pyridine rings is 1. The first kappa shape index (κ1) is 20.5. The highest BCUT2D eigenvalue weighted by atomic mass is 35.5. The molecule has 7 nitrogen and oxygen atoms in total. The molecule has 0 saturated carbocycles. The summed E-state index contributed by atoms with van der Waals surface area (Å²) in [4.78, 5) is 27.7. The van der Waals surface area contributed by atoms with Crippen LogP contribution in [0.2, 0.25) is 5.02 Å². The van der Waals surface area contributed by atoms with Crippen molar-refractivity contribution in [2.75, 3.05) is 0 Å². The Hall–Kier alpha value is -3.19. The number of nitro groups is 1. The summed E-state index contributed by atoms with van der Waals surface area (Å²) in [6.07, 6.45) is 3.29. The van der Waals surface area contributed by atoms with E-state index in [1.807, 2.05) is 6.92 Å². The maximum atomic E-state index is 12.5. The third-order valence-corrected chi connectivity index (χ3v) is 5.00. The van der Waals surface area contributed by atoms with Gasteiger partial charge in [-0.2, -0.15) is 0 Å². The number of benzene rings is 2. The summed E-state index contributed by atoms with van der Waals surface area (Å²) in [6.45, 7) is 1.98. The molecule has 0 spiro atoms. The van der Waals surface area contributed by atoms with Crippen LogP contribution in [-0.4, -0.2) is 20.9 Å². The van der Waals surface area contributed by atoms with Crippen molar-refractivity contribution in [2.24, 2.45) is 0 Å². The van der Waals surface area contributed by atoms with E-state index in [1.165, 1.54) is 18.3 Å². The standard InChI is InChI=1S/C21H20ClN3O4/c1-2-3-10-18(26)24-19(13-7-4-5-9-16(13)22)15-12-17(25(28)29)14-8-6-11-23-20(14)21(15)27/h4-9,11-12,19,27H,2-3,10H2,1H3,(H,24,26). The van der Waals surface area contributed by atoms with Crippen LogP contribution >= 0.6 is 11.6 Å². The fourth-order valence-electron chi connectivity index (χ4n) is 3.20. The largest absolute Gasteiger partial charge is 0.505 e. The normalized spacial score (nSPS) is 11.9. The first-order valence-corrected chi connectivity index (χ1v) is 9.60. The van der Waals surface area contributed by atoms with E-state index in [-0.39, 0.29) is 33.8 Å². The van der Waals surface area contributed by atoms with Crippen LogP contribution < -0.4 is 5.32 Å². The van der Waals surface area contributed by atoms with Gasteiger partial charge in [0, 0.05) is 29.3 Å². The van der Waals surface area contributed by atoms with Gasteiger partial charge in [0.2, 0.25) is 5.91 Å². The van der Waals surface area contributed by atoms with Gasteiger partial charge in [-0.25, -0.2) is 0 Å². The molecule has 1 amide bonds. The minimum absolute atomic E-state index is 0.0940. The van der Waals surface area contributed by atoms with E-state index >= 15 is 0 Å². The molecular weight excluding hydrogens is 394 g/mol. The number of nitrogens with zero attached hydrogens (tertiary/aromatic N) is 2. The van der Waals surface area contributed by atoms with Gasteiger partial charge in [-0.05, 0) is 30.2 Å². The average molecular weight is 414 g/mol. The van der Waals surface area contributed by atoms with Gasteiger partial charge < -0.3 is 10.4 Å². The van der Waals surface area contributed by atoms with E-state index in [4.69, 9.17) is 11.6 Å². The second-order valence-electron chi connectivity index (χ2n) is 6.62. The summed E-state index contributed by atoms with van der Waals surface area (Å²) in [5.74, 6) is -0.466. The molecule has 3 aromatic rings. The lowest BCUT2D eigenvalue weighted by atomic mass is 9.95. The quantitative estimate of drug-likeness (QED) is 0.423. The molecule has 1 unspecified atom stereocenters. The Morgan fingerprint density at radius 2 is 2.03 bits per heavy atom. The van der Waals surface area contributed by atoms with Crippen LogP contribution in [0.3, 0.4) is 0 Å². The molecular formula is C21H20ClN3O4. The van der Waals surface area contributed by atoms with Crippen molar-refractivity contribution in [3.05, 3.63) is 74.9 Å². The lowest BCUT2D eigenvalue weighted by Gasteiger charge is -2.22. The number of hydrogen-bond donors (Lipinski definition) is 2. The zero-order valence-corrected chi connectivity index (χ0v) is 16.5. The number of carbonyl (C=O) groups excluding carboxylic acids is 1. The van der Waals surface area contributed by atoms with Crippen LogP contribution in [0, 0.1) is 10.1 Å². The van der Waals surface area contributed by atoms with Crippen LogP contribution in [0.1, 0.15) is 43.4 Å². The number of phenolic OH excluding ortho intramolecular Hbond substituents is 1. The van der Waals surface area contributed by atoms with Crippen molar-refractivity contribution < 1.29 is 14.8 Å². The van der Waals surface area contributed by atoms with Crippen molar-refractivity contribution in [3.8, 4) is 5.75 Å². The van der Waals surface area contributed by atoms with Crippen molar-refractivity contribution >= 4 is 34.1 Å². The van der Waals surface area contributed by atoms with Crippen molar-refractivity contribution in [1.82, 2.24) is 10.3 Å². The monoisotopic (exact) mass is 413 g/mol. The topological polar surface area (TPSA) is 105 Å². The Morgan fingerprint density at radius 3 is 2.72 bits per heavy atom. The number of hydrogen-bond acceptors (Lipinski definition) is 5. The molecule has 150 valence electrons. The Labute approximate surface area is 172 Å². The molecule has 3 rings (SSSR count). The van der Waals surface area contributed by atoms with Crippen molar-refractivity contribution in [1.29, 1.82) is 0 Å². The van der Waals surface area contributed by atoms with Gasteiger partial charge in [0.1, 0.15) is 11.3 Å². The first-order chi connectivity index (χ1) is 13.9. The number of phenols is 1. The minimum atomic E-state index is -0.863. The Kier molecular flexibility index (Phi) is 6.29. The number of carbonyl (C=O) groups is 1. The zero-order chi connectivity index (χ0) is 21.0. The van der Waals surface area contributed by atoms with Crippen molar-refractivity contribution in [3.63, 3.8) is 0 Å². The van der Waals surface area contributed by atoms with E-state index in [2.05, 4.69) is 10.3 Å². The van der Waals surface area contributed by atoms with Crippen LogP contribution in [0.15, 0.2) is 48.7 Å². The number of unbranched alkanes of at least 4 members (excludes halogenated alkanes) is 1. The number of halogens is 1. The van der Waals surface area contributed by atoms with E-state index in [1.54, 1.807) is 30.3 Å². The smallest absolute Gasteiger partial charge is 0.279 e. The third-order valence-electron chi connectivity index (χ3n) is 4.66. The van der Waals surface area contributed by atoms with Crippen molar-refractivity contribution in [2.45, 2.75) is 32.2 Å². The van der Waals surface area contributed by atoms with Gasteiger partial charge in [-0.1, -0.05) is 43.1 Å². The number of fused-ring (bicyclic) bond motifs is 1.